The van der Waals surface area contributed by atoms with Gasteiger partial charge in [0.05, 0.1) is 46.1 Å². The third-order valence-corrected chi connectivity index (χ3v) is 5.93. The van der Waals surface area contributed by atoms with E-state index in [2.05, 4.69) is 25.9 Å². The first-order chi connectivity index (χ1) is 16.1. The summed E-state index contributed by atoms with van der Waals surface area (Å²) in [5.74, 6) is 0.0241. The molecular weight excluding hydrogens is 463 g/mol. The number of aliphatic hydroxyl groups excluding tert-OH is 1. The average Bonchev–Trinajstić information content (AvgIpc) is 2.79. The third kappa shape index (κ3) is 6.53. The molecule has 1 aliphatic rings. The van der Waals surface area contributed by atoms with E-state index in [1.165, 1.54) is 32.3 Å². The highest BCUT2D eigenvalue weighted by molar-refractivity contribution is 6.33. The van der Waals surface area contributed by atoms with Gasteiger partial charge in [0, 0.05) is 18.5 Å². The van der Waals surface area contributed by atoms with Gasteiger partial charge in [-0.2, -0.15) is 5.26 Å². The van der Waals surface area contributed by atoms with E-state index in [9.17, 15) is 19.4 Å². The highest BCUT2D eigenvalue weighted by Crippen LogP contribution is 2.28. The van der Waals surface area contributed by atoms with Crippen LogP contribution in [0.15, 0.2) is 24.5 Å². The Kier molecular flexibility index (Phi) is 8.25. The van der Waals surface area contributed by atoms with Crippen LogP contribution in [-0.2, 0) is 0 Å². The van der Waals surface area contributed by atoms with Gasteiger partial charge in [0.15, 0.2) is 0 Å². The molecule has 3 rings (SSSR count). The molecule has 9 nitrogen and oxygen atoms in total. The summed E-state index contributed by atoms with van der Waals surface area (Å²) in [6.45, 7) is 2.27. The highest BCUT2D eigenvalue weighted by Gasteiger charge is 2.28. The Bertz CT molecular complexity index is 1070. The highest BCUT2D eigenvalue weighted by atomic mass is 35.5. The molecule has 11 heteroatoms. The van der Waals surface area contributed by atoms with Gasteiger partial charge in [-0.3, -0.25) is 4.79 Å². The lowest BCUT2D eigenvalue weighted by atomic mass is 9.92. The van der Waals surface area contributed by atoms with Crippen LogP contribution in [0.1, 0.15) is 55.5 Å². The van der Waals surface area contributed by atoms with Crippen molar-refractivity contribution in [1.82, 2.24) is 15.3 Å². The number of amides is 1. The number of alkyl halides is 1. The summed E-state index contributed by atoms with van der Waals surface area (Å²) in [4.78, 5) is 21.2. The number of nitrogens with one attached hydrogen (secondary N) is 3. The Morgan fingerprint density at radius 3 is 2.71 bits per heavy atom. The number of carbonyl (C=O) groups is 1. The summed E-state index contributed by atoms with van der Waals surface area (Å²) in [7, 11) is 0. The molecule has 0 spiro atoms. The summed E-state index contributed by atoms with van der Waals surface area (Å²) in [6.07, 6.45) is 3.69. The fraction of sp³-hybridized carbons (Fsp3) is 0.478. The number of rotatable bonds is 8. The Morgan fingerprint density at radius 2 is 2.06 bits per heavy atom. The number of hydrogen-bond acceptors (Lipinski definition) is 8. The first-order valence-electron chi connectivity index (χ1n) is 11.0. The fourth-order valence-electron chi connectivity index (χ4n) is 3.54. The number of pyridine rings is 2. The molecule has 2 aromatic heterocycles. The maximum atomic E-state index is 14.1. The second kappa shape index (κ2) is 11.0. The number of nitrogens with zero attached hydrogens (tertiary/aromatic N) is 3. The van der Waals surface area contributed by atoms with E-state index in [1.54, 1.807) is 6.07 Å². The van der Waals surface area contributed by atoms with E-state index in [0.29, 0.717) is 23.5 Å². The van der Waals surface area contributed by atoms with Gasteiger partial charge in [-0.1, -0.05) is 24.4 Å². The van der Waals surface area contributed by atoms with Gasteiger partial charge >= 0.3 is 0 Å². The smallest absolute Gasteiger partial charge is 0.255 e. The van der Waals surface area contributed by atoms with Crippen LogP contribution >= 0.6 is 11.6 Å². The van der Waals surface area contributed by atoms with Crippen molar-refractivity contribution in [3.05, 3.63) is 40.7 Å². The van der Waals surface area contributed by atoms with Crippen molar-refractivity contribution in [2.45, 2.75) is 63.4 Å². The van der Waals surface area contributed by atoms with Crippen LogP contribution in [0.4, 0.5) is 21.7 Å². The number of carbonyl (C=O) groups excluding carboxylic acids is 1. The van der Waals surface area contributed by atoms with Crippen LogP contribution in [0.2, 0.25) is 5.02 Å². The molecule has 2 aromatic rings. The van der Waals surface area contributed by atoms with Gasteiger partial charge in [0.1, 0.15) is 23.9 Å². The largest absolute Gasteiger partial charge is 0.391 e. The quantitative estimate of drug-likeness (QED) is 0.379. The molecule has 5 N–H and O–H groups in total. The molecule has 1 fully saturated rings. The van der Waals surface area contributed by atoms with E-state index >= 15 is 0 Å². The van der Waals surface area contributed by atoms with E-state index in [0.717, 1.165) is 19.3 Å². The fourth-order valence-corrected chi connectivity index (χ4v) is 3.76. The van der Waals surface area contributed by atoms with E-state index < -0.39 is 23.8 Å². The lowest BCUT2D eigenvalue weighted by Crippen LogP contribution is -2.42. The van der Waals surface area contributed by atoms with Gasteiger partial charge in [-0.15, -0.1) is 0 Å². The van der Waals surface area contributed by atoms with Crippen LogP contribution < -0.4 is 16.0 Å². The van der Waals surface area contributed by atoms with E-state index in [4.69, 9.17) is 16.9 Å². The number of anilines is 3. The molecule has 0 bridgehead atoms. The number of aromatic nitrogens is 2. The SMILES string of the molecule is CC(C)(O)C(F)CNC(=O)c1cnc(Nc2ncc(C#N)cc2Cl)cc1NC1CCCCC1O. The number of hydrogen-bond donors (Lipinski definition) is 5. The minimum atomic E-state index is -1.66. The molecule has 0 aliphatic heterocycles. The average molecular weight is 491 g/mol. The van der Waals surface area contributed by atoms with Crippen molar-refractivity contribution in [2.75, 3.05) is 17.2 Å². The minimum Gasteiger partial charge on any atom is -0.391 e. The van der Waals surface area contributed by atoms with Crippen LogP contribution in [0.25, 0.3) is 0 Å². The molecule has 1 amide bonds. The van der Waals surface area contributed by atoms with Crippen LogP contribution in [0, 0.1) is 11.3 Å². The van der Waals surface area contributed by atoms with Crippen molar-refractivity contribution in [3.8, 4) is 6.07 Å². The second-order valence-electron chi connectivity index (χ2n) is 8.84. The molecule has 34 heavy (non-hydrogen) atoms. The lowest BCUT2D eigenvalue weighted by molar-refractivity contribution is -0.00177. The molecule has 3 unspecified atom stereocenters. The Balaban J connectivity index is 1.86. The molecular formula is C23H28ClFN6O3. The second-order valence-corrected chi connectivity index (χ2v) is 9.25. The van der Waals surface area contributed by atoms with Gasteiger partial charge in [-0.25, -0.2) is 14.4 Å². The maximum Gasteiger partial charge on any atom is 0.255 e. The summed E-state index contributed by atoms with van der Waals surface area (Å²) in [5, 5.41) is 38.0. The molecule has 182 valence electrons. The van der Waals surface area contributed by atoms with Gasteiger partial charge in [0.25, 0.3) is 5.91 Å². The van der Waals surface area contributed by atoms with Crippen molar-refractivity contribution in [3.63, 3.8) is 0 Å². The van der Waals surface area contributed by atoms with Crippen molar-refractivity contribution >= 4 is 34.8 Å². The summed E-state index contributed by atoms with van der Waals surface area (Å²) in [5.41, 5.74) is -0.740. The van der Waals surface area contributed by atoms with Crippen LogP contribution in [0.5, 0.6) is 0 Å². The molecule has 3 atom stereocenters. The van der Waals surface area contributed by atoms with Crippen molar-refractivity contribution in [2.24, 2.45) is 0 Å². The topological polar surface area (TPSA) is 143 Å². The third-order valence-electron chi connectivity index (χ3n) is 5.64. The summed E-state index contributed by atoms with van der Waals surface area (Å²) >= 11 is 6.19. The lowest BCUT2D eigenvalue weighted by Gasteiger charge is -2.30. The molecule has 0 radical (unpaired) electrons. The molecule has 2 heterocycles. The predicted octanol–water partition coefficient (Wildman–Crippen LogP) is 3.30. The number of halogens is 2. The zero-order valence-electron chi connectivity index (χ0n) is 19.0. The van der Waals surface area contributed by atoms with Crippen molar-refractivity contribution < 1.29 is 19.4 Å². The minimum absolute atomic E-state index is 0.158. The zero-order chi connectivity index (χ0) is 24.9. The molecule has 1 saturated carbocycles. The van der Waals surface area contributed by atoms with Gasteiger partial charge < -0.3 is 26.2 Å². The van der Waals surface area contributed by atoms with Gasteiger partial charge in [0.2, 0.25) is 0 Å². The van der Waals surface area contributed by atoms with Crippen molar-refractivity contribution in [1.29, 1.82) is 5.26 Å². The molecule has 1 aliphatic carbocycles. The Morgan fingerprint density at radius 1 is 1.32 bits per heavy atom. The monoisotopic (exact) mass is 490 g/mol. The number of nitriles is 1. The van der Waals surface area contributed by atoms with Crippen LogP contribution in [0.3, 0.4) is 0 Å². The first-order valence-corrected chi connectivity index (χ1v) is 11.4. The Labute approximate surface area is 202 Å². The zero-order valence-corrected chi connectivity index (χ0v) is 19.7. The predicted molar refractivity (Wildman–Crippen MR) is 127 cm³/mol. The summed E-state index contributed by atoms with van der Waals surface area (Å²) in [6, 6.07) is 4.73. The first kappa shape index (κ1) is 25.6. The van der Waals surface area contributed by atoms with E-state index in [1.807, 2.05) is 6.07 Å². The number of aliphatic hydroxyl groups is 2. The summed E-state index contributed by atoms with van der Waals surface area (Å²) < 4.78 is 14.1. The maximum absolute atomic E-state index is 14.1. The molecule has 0 aromatic carbocycles. The molecule has 0 saturated heterocycles. The standard InChI is InChI=1S/C23H28ClFN6O3/c1-23(2,34)19(25)12-29-22(33)14-11-27-20(31-21-15(24)7-13(9-26)10-28-21)8-17(14)30-16-5-3-4-6-18(16)32/h7-8,10-11,16,18-19,32,34H,3-6,12H2,1-2H3,(H,29,33)(H2,27,28,30,31). The van der Waals surface area contributed by atoms with Crippen LogP contribution in [-0.4, -0.2) is 56.6 Å². The normalized spacial score (nSPS) is 19.1. The van der Waals surface area contributed by atoms with E-state index in [-0.39, 0.29) is 29.0 Å². The van der Waals surface area contributed by atoms with Gasteiger partial charge in [-0.05, 0) is 32.8 Å². The Hall–Kier alpha value is -3.00.